The Morgan fingerprint density at radius 2 is 2.00 bits per heavy atom. The highest BCUT2D eigenvalue weighted by Crippen LogP contribution is 2.35. The van der Waals surface area contributed by atoms with E-state index >= 15 is 0 Å². The van der Waals surface area contributed by atoms with Crippen molar-refractivity contribution in [2.75, 3.05) is 5.32 Å². The minimum Gasteiger partial charge on any atom is -0.345 e. The number of fused-ring (bicyclic) bond motifs is 1. The van der Waals surface area contributed by atoms with Crippen LogP contribution in [-0.4, -0.2) is 16.5 Å². The first-order valence-corrected chi connectivity index (χ1v) is 10.1. The van der Waals surface area contributed by atoms with Gasteiger partial charge in [0.25, 0.3) is 5.91 Å². The Morgan fingerprint density at radius 3 is 2.64 bits per heavy atom. The third kappa shape index (κ3) is 3.64. The number of amides is 1. The van der Waals surface area contributed by atoms with Crippen LogP contribution in [0.15, 0.2) is 29.3 Å². The Labute approximate surface area is 162 Å². The highest BCUT2D eigenvalue weighted by atomic mass is 32.2. The Bertz CT molecular complexity index is 990. The number of carbonyl (C=O) groups excluding carboxylic acids is 1. The molecule has 4 rings (SSSR count). The molecule has 0 radical (unpaired) electrons. The van der Waals surface area contributed by atoms with Crippen molar-refractivity contribution < 1.29 is 18.0 Å². The molecule has 1 aliphatic heterocycles. The molecule has 2 atom stereocenters. The lowest BCUT2D eigenvalue weighted by atomic mass is 10.1. The van der Waals surface area contributed by atoms with Gasteiger partial charge in [0.2, 0.25) is 0 Å². The third-order valence-electron chi connectivity index (χ3n) is 4.91. The van der Waals surface area contributed by atoms with E-state index in [1.165, 1.54) is 12.8 Å². The fraction of sp³-hybridized carbons (Fsp3) is 0.316. The zero-order valence-corrected chi connectivity index (χ0v) is 15.9. The number of carbonyl (C=O) groups is 1. The van der Waals surface area contributed by atoms with Crippen LogP contribution in [0, 0.1) is 28.1 Å². The van der Waals surface area contributed by atoms with Gasteiger partial charge < -0.3 is 9.88 Å². The van der Waals surface area contributed by atoms with Crippen molar-refractivity contribution in [2.24, 2.45) is 13.0 Å². The molecule has 2 aromatic rings. The molecule has 1 saturated carbocycles. The van der Waals surface area contributed by atoms with E-state index in [2.05, 4.69) is 10.0 Å². The number of nitrogens with zero attached hydrogens (tertiary/aromatic N) is 1. The summed E-state index contributed by atoms with van der Waals surface area (Å²) >= 11 is 0. The molecule has 2 unspecified atom stereocenters. The van der Waals surface area contributed by atoms with Gasteiger partial charge in [0.05, 0.1) is 4.90 Å². The van der Waals surface area contributed by atoms with Crippen LogP contribution >= 0.6 is 0 Å². The van der Waals surface area contributed by atoms with Crippen molar-refractivity contribution in [1.82, 2.24) is 9.29 Å². The van der Waals surface area contributed by atoms with Crippen LogP contribution in [0.2, 0.25) is 0 Å². The summed E-state index contributed by atoms with van der Waals surface area (Å²) in [6.07, 6.45) is 8.90. The van der Waals surface area contributed by atoms with E-state index in [0.29, 0.717) is 16.4 Å². The first kappa shape index (κ1) is 18.9. The Kier molecular flexibility index (Phi) is 4.88. The molecule has 5 nitrogen and oxygen atoms in total. The predicted molar refractivity (Wildman–Crippen MR) is 101 cm³/mol. The molecule has 1 amide bonds. The number of hydrogen-bond donors (Lipinski definition) is 3. The largest absolute Gasteiger partial charge is 0.345 e. The summed E-state index contributed by atoms with van der Waals surface area (Å²) in [5.41, 5.74) is 0.700. The molecule has 0 bridgehead atoms. The minimum absolute atomic E-state index is 0.0715. The number of rotatable bonds is 4. The highest BCUT2D eigenvalue weighted by Gasteiger charge is 2.28. The zero-order chi connectivity index (χ0) is 20.0. The van der Waals surface area contributed by atoms with Gasteiger partial charge in [0, 0.05) is 42.7 Å². The second-order valence-corrected chi connectivity index (χ2v) is 8.43. The van der Waals surface area contributed by atoms with Crippen molar-refractivity contribution in [3.8, 4) is 0 Å². The van der Waals surface area contributed by atoms with E-state index in [1.807, 2.05) is 12.2 Å². The molecule has 1 aromatic carbocycles. The van der Waals surface area contributed by atoms with Gasteiger partial charge in [-0.25, -0.2) is 17.9 Å². The van der Waals surface area contributed by atoms with Gasteiger partial charge in [-0.1, -0.05) is 25.0 Å². The van der Waals surface area contributed by atoms with Crippen LogP contribution in [0.5, 0.6) is 0 Å². The Balaban J connectivity index is 1.63. The van der Waals surface area contributed by atoms with E-state index in [0.717, 1.165) is 18.6 Å². The third-order valence-corrected chi connectivity index (χ3v) is 6.21. The minimum atomic E-state index is -1.58. The van der Waals surface area contributed by atoms with Gasteiger partial charge in [0.15, 0.2) is 17.5 Å². The summed E-state index contributed by atoms with van der Waals surface area (Å²) in [6.45, 7) is 0. The summed E-state index contributed by atoms with van der Waals surface area (Å²) in [7, 11) is 0.672. The first-order valence-electron chi connectivity index (χ1n) is 8.88. The van der Waals surface area contributed by atoms with Gasteiger partial charge in [-0.2, -0.15) is 0 Å². The maximum Gasteiger partial charge on any atom is 0.272 e. The molecule has 1 aromatic heterocycles. The molecule has 1 aliphatic carbocycles. The quantitative estimate of drug-likeness (QED) is 0.666. The SMILES string of the molecule is Cn1cc2c(c1C(=O)Nc1cc(F)c(F)c(F)c1)C=CC(CC1CC1)NS2=N. The molecule has 148 valence electrons. The number of aryl methyl sites for hydroxylation is 1. The highest BCUT2D eigenvalue weighted by molar-refractivity contribution is 7.84. The summed E-state index contributed by atoms with van der Waals surface area (Å²) in [6, 6.07) is 1.54. The van der Waals surface area contributed by atoms with Crippen molar-refractivity contribution in [2.45, 2.75) is 30.2 Å². The van der Waals surface area contributed by atoms with Gasteiger partial charge in [-0.05, 0) is 23.2 Å². The number of nitrogens with one attached hydrogen (secondary N) is 3. The molecule has 3 N–H and O–H groups in total. The number of anilines is 1. The predicted octanol–water partition coefficient (Wildman–Crippen LogP) is 4.13. The maximum atomic E-state index is 13.4. The number of benzene rings is 1. The second-order valence-electron chi connectivity index (χ2n) is 7.14. The van der Waals surface area contributed by atoms with Crippen molar-refractivity contribution >= 4 is 28.5 Å². The maximum absolute atomic E-state index is 13.4. The van der Waals surface area contributed by atoms with Crippen LogP contribution < -0.4 is 10.0 Å². The van der Waals surface area contributed by atoms with Crippen LogP contribution in [0.3, 0.4) is 0 Å². The normalized spacial score (nSPS) is 21.3. The monoisotopic (exact) mass is 408 g/mol. The second kappa shape index (κ2) is 7.21. The lowest BCUT2D eigenvalue weighted by Gasteiger charge is -2.13. The molecule has 2 aliphatic rings. The van der Waals surface area contributed by atoms with Gasteiger partial charge in [0.1, 0.15) is 5.69 Å². The lowest BCUT2D eigenvalue weighted by Crippen LogP contribution is -2.28. The number of halogens is 3. The van der Waals surface area contributed by atoms with Gasteiger partial charge in [-0.3, -0.25) is 9.57 Å². The molecular formula is C19H19F3N4OS. The fourth-order valence-electron chi connectivity index (χ4n) is 3.35. The number of hydrogen-bond acceptors (Lipinski definition) is 2. The van der Waals surface area contributed by atoms with Gasteiger partial charge in [-0.15, -0.1) is 0 Å². The van der Waals surface area contributed by atoms with Crippen molar-refractivity contribution in [3.05, 3.63) is 53.1 Å². The summed E-state index contributed by atoms with van der Waals surface area (Å²) in [5.74, 6) is -4.23. The van der Waals surface area contributed by atoms with Crippen LogP contribution in [0.1, 0.15) is 35.3 Å². The zero-order valence-electron chi connectivity index (χ0n) is 15.1. The van der Waals surface area contributed by atoms with Crippen LogP contribution in [0.25, 0.3) is 6.08 Å². The smallest absolute Gasteiger partial charge is 0.272 e. The molecular weight excluding hydrogens is 389 g/mol. The average molecular weight is 408 g/mol. The molecule has 2 heterocycles. The van der Waals surface area contributed by atoms with E-state index in [-0.39, 0.29) is 17.4 Å². The molecule has 0 saturated heterocycles. The molecule has 1 fully saturated rings. The molecule has 9 heteroatoms. The number of aromatic nitrogens is 1. The molecule has 28 heavy (non-hydrogen) atoms. The summed E-state index contributed by atoms with van der Waals surface area (Å²) in [4.78, 5) is 13.5. The Hall–Kier alpha value is -2.39. The van der Waals surface area contributed by atoms with Crippen molar-refractivity contribution in [3.63, 3.8) is 0 Å². The summed E-state index contributed by atoms with van der Waals surface area (Å²) < 4.78 is 53.3. The average Bonchev–Trinajstić information content (AvgIpc) is 3.39. The van der Waals surface area contributed by atoms with E-state index in [9.17, 15) is 18.0 Å². The standard InChI is InChI=1S/C19H19F3N4OS/c1-26-9-16-13(5-4-11(25-28(16)23)6-10-2-3-10)18(26)19(27)24-12-7-14(20)17(22)15(21)8-12/h4-5,7-11H,2-3,6H2,1H3,(H2,23,25)(H,24,27). The summed E-state index contributed by atoms with van der Waals surface area (Å²) in [5, 5.41) is 2.41. The topological polar surface area (TPSA) is 69.9 Å². The molecule has 0 spiro atoms. The van der Waals surface area contributed by atoms with E-state index in [4.69, 9.17) is 4.78 Å². The fourth-order valence-corrected chi connectivity index (χ4v) is 4.60. The van der Waals surface area contributed by atoms with Crippen LogP contribution in [-0.2, 0) is 17.9 Å². The van der Waals surface area contributed by atoms with E-state index in [1.54, 1.807) is 17.8 Å². The lowest BCUT2D eigenvalue weighted by molar-refractivity contribution is 0.101. The van der Waals surface area contributed by atoms with E-state index < -0.39 is 34.2 Å². The van der Waals surface area contributed by atoms with Crippen LogP contribution in [0.4, 0.5) is 18.9 Å². The van der Waals surface area contributed by atoms with Gasteiger partial charge >= 0.3 is 0 Å². The Morgan fingerprint density at radius 1 is 1.32 bits per heavy atom. The van der Waals surface area contributed by atoms with Crippen molar-refractivity contribution in [1.29, 1.82) is 4.78 Å². The first-order chi connectivity index (χ1) is 13.3.